The molecule has 0 aliphatic carbocycles. The Balaban J connectivity index is 1.68. The summed E-state index contributed by atoms with van der Waals surface area (Å²) in [6.45, 7) is 6.87. The van der Waals surface area contributed by atoms with E-state index in [0.29, 0.717) is 13.1 Å². The highest BCUT2D eigenvalue weighted by Gasteiger charge is 2.19. The lowest BCUT2D eigenvalue weighted by Gasteiger charge is -2.24. The number of ether oxygens (including phenoxy) is 1. The van der Waals surface area contributed by atoms with E-state index in [1.54, 1.807) is 13.2 Å². The number of benzene rings is 2. The number of carbonyl (C=O) groups excluding carboxylic acids is 1. The summed E-state index contributed by atoms with van der Waals surface area (Å²) < 4.78 is 11.4. The van der Waals surface area contributed by atoms with Crippen LogP contribution < -0.4 is 4.74 Å². The molecule has 4 heteroatoms. The number of carbonyl (C=O) groups is 1. The van der Waals surface area contributed by atoms with Crippen molar-refractivity contribution in [2.24, 2.45) is 0 Å². The van der Waals surface area contributed by atoms with Gasteiger partial charge in [-0.1, -0.05) is 42.5 Å². The van der Waals surface area contributed by atoms with Crippen LogP contribution in [0.1, 0.15) is 50.0 Å². The van der Waals surface area contributed by atoms with E-state index < -0.39 is 0 Å². The molecule has 1 amide bonds. The highest BCUT2D eigenvalue weighted by atomic mass is 16.5. The minimum absolute atomic E-state index is 0.0683. The van der Waals surface area contributed by atoms with Crippen molar-refractivity contribution in [3.8, 4) is 5.75 Å². The maximum atomic E-state index is 12.3. The molecule has 0 aliphatic heterocycles. The van der Waals surface area contributed by atoms with Crippen LogP contribution in [0.15, 0.2) is 77.4 Å². The third kappa shape index (κ3) is 5.98. The first-order valence-corrected chi connectivity index (χ1v) is 10.1. The van der Waals surface area contributed by atoms with Gasteiger partial charge >= 0.3 is 0 Å². The molecule has 0 bridgehead atoms. The van der Waals surface area contributed by atoms with Gasteiger partial charge in [-0.05, 0) is 55.7 Å². The molecule has 1 unspecified atom stereocenters. The van der Waals surface area contributed by atoms with Gasteiger partial charge in [0.1, 0.15) is 11.5 Å². The second-order valence-corrected chi connectivity index (χ2v) is 7.52. The summed E-state index contributed by atoms with van der Waals surface area (Å²) in [5.41, 5.74) is 2.28. The van der Waals surface area contributed by atoms with E-state index in [0.717, 1.165) is 23.5 Å². The molecule has 1 aromatic heterocycles. The van der Waals surface area contributed by atoms with E-state index in [-0.39, 0.29) is 17.9 Å². The van der Waals surface area contributed by atoms with Crippen LogP contribution in [0.5, 0.6) is 5.75 Å². The molecule has 3 rings (SSSR count). The van der Waals surface area contributed by atoms with Crippen molar-refractivity contribution >= 4 is 5.91 Å². The van der Waals surface area contributed by atoms with Crippen LogP contribution in [0.3, 0.4) is 0 Å². The Morgan fingerprint density at radius 3 is 2.31 bits per heavy atom. The highest BCUT2D eigenvalue weighted by Crippen LogP contribution is 2.29. The van der Waals surface area contributed by atoms with Crippen molar-refractivity contribution in [3.05, 3.63) is 89.9 Å². The molecule has 0 aliphatic rings. The van der Waals surface area contributed by atoms with Crippen molar-refractivity contribution in [3.63, 3.8) is 0 Å². The van der Waals surface area contributed by atoms with Gasteiger partial charge in [0.05, 0.1) is 12.4 Å². The molecule has 1 heterocycles. The average Bonchev–Trinajstić information content (AvgIpc) is 3.23. The van der Waals surface area contributed by atoms with Crippen LogP contribution in [-0.4, -0.2) is 23.5 Å². The van der Waals surface area contributed by atoms with Crippen molar-refractivity contribution in [1.29, 1.82) is 0 Å². The number of hydrogen-bond donors (Lipinski definition) is 0. The number of furan rings is 1. The predicted molar refractivity (Wildman–Crippen MR) is 115 cm³/mol. The Bertz CT molecular complexity index is 870. The second-order valence-electron chi connectivity index (χ2n) is 7.52. The maximum absolute atomic E-state index is 12.3. The quantitative estimate of drug-likeness (QED) is 0.474. The van der Waals surface area contributed by atoms with Gasteiger partial charge in [-0.2, -0.15) is 0 Å². The topological polar surface area (TPSA) is 42.7 Å². The lowest BCUT2D eigenvalue weighted by molar-refractivity contribution is -0.129. The van der Waals surface area contributed by atoms with Gasteiger partial charge in [0.2, 0.25) is 5.91 Å². The zero-order chi connectivity index (χ0) is 20.6. The van der Waals surface area contributed by atoms with Crippen molar-refractivity contribution in [1.82, 2.24) is 4.90 Å². The van der Waals surface area contributed by atoms with Gasteiger partial charge in [-0.15, -0.1) is 0 Å². The molecule has 4 nitrogen and oxygen atoms in total. The van der Waals surface area contributed by atoms with Crippen molar-refractivity contribution in [2.75, 3.05) is 6.54 Å². The van der Waals surface area contributed by atoms with E-state index in [1.165, 1.54) is 5.56 Å². The third-order valence-corrected chi connectivity index (χ3v) is 4.89. The standard InChI is InChI=1S/C25H29NO3/c1-19(2)29-23-13-11-21(12-14-23)18-26(20(3)27)16-15-24(25-10-7-17-28-25)22-8-5-4-6-9-22/h4-14,17,19,24H,15-16,18H2,1-3H3. The highest BCUT2D eigenvalue weighted by molar-refractivity contribution is 5.73. The summed E-state index contributed by atoms with van der Waals surface area (Å²) in [6.07, 6.45) is 2.64. The van der Waals surface area contributed by atoms with Crippen molar-refractivity contribution in [2.45, 2.75) is 45.8 Å². The van der Waals surface area contributed by atoms with Crippen LogP contribution in [0.4, 0.5) is 0 Å². The Morgan fingerprint density at radius 2 is 1.72 bits per heavy atom. The van der Waals surface area contributed by atoms with Crippen LogP contribution in [0.2, 0.25) is 0 Å². The maximum Gasteiger partial charge on any atom is 0.219 e. The monoisotopic (exact) mass is 391 g/mol. The molecule has 0 saturated carbocycles. The predicted octanol–water partition coefficient (Wildman–Crippen LogP) is 5.64. The van der Waals surface area contributed by atoms with Gasteiger partial charge < -0.3 is 14.1 Å². The fourth-order valence-electron chi connectivity index (χ4n) is 3.45. The summed E-state index contributed by atoms with van der Waals surface area (Å²) in [7, 11) is 0. The number of nitrogens with zero attached hydrogens (tertiary/aromatic N) is 1. The summed E-state index contributed by atoms with van der Waals surface area (Å²) in [4.78, 5) is 14.2. The zero-order valence-corrected chi connectivity index (χ0v) is 17.4. The van der Waals surface area contributed by atoms with Gasteiger partial charge in [-0.25, -0.2) is 0 Å². The fraction of sp³-hybridized carbons (Fsp3) is 0.320. The van der Waals surface area contributed by atoms with Crippen molar-refractivity contribution < 1.29 is 13.9 Å². The number of hydrogen-bond acceptors (Lipinski definition) is 3. The summed E-state index contributed by atoms with van der Waals surface area (Å²) in [5.74, 6) is 1.96. The smallest absolute Gasteiger partial charge is 0.219 e. The van der Waals surface area contributed by atoms with Crippen LogP contribution >= 0.6 is 0 Å². The Kier molecular flexibility index (Phi) is 7.12. The Morgan fingerprint density at radius 1 is 1.00 bits per heavy atom. The second kappa shape index (κ2) is 9.97. The first-order chi connectivity index (χ1) is 14.0. The number of amides is 1. The first-order valence-electron chi connectivity index (χ1n) is 10.1. The van der Waals surface area contributed by atoms with Crippen LogP contribution in [0.25, 0.3) is 0 Å². The van der Waals surface area contributed by atoms with Gasteiger partial charge in [0.15, 0.2) is 0 Å². The molecule has 1 atom stereocenters. The SMILES string of the molecule is CC(=O)N(CCC(c1ccccc1)c1ccco1)Cc1ccc(OC(C)C)cc1. The zero-order valence-electron chi connectivity index (χ0n) is 17.4. The fourth-order valence-corrected chi connectivity index (χ4v) is 3.45. The molecule has 0 fully saturated rings. The molecule has 0 saturated heterocycles. The Hall–Kier alpha value is -3.01. The molecule has 152 valence electrons. The molecule has 0 spiro atoms. The molecule has 2 aromatic carbocycles. The van der Waals surface area contributed by atoms with E-state index in [4.69, 9.17) is 9.15 Å². The van der Waals surface area contributed by atoms with E-state index in [1.807, 2.05) is 73.3 Å². The van der Waals surface area contributed by atoms with E-state index >= 15 is 0 Å². The number of rotatable bonds is 9. The normalized spacial score (nSPS) is 12.0. The first kappa shape index (κ1) is 20.7. The minimum Gasteiger partial charge on any atom is -0.491 e. The molecule has 0 radical (unpaired) electrons. The largest absolute Gasteiger partial charge is 0.491 e. The molecular formula is C25H29NO3. The lowest BCUT2D eigenvalue weighted by atomic mass is 9.93. The van der Waals surface area contributed by atoms with Gasteiger partial charge in [-0.3, -0.25) is 4.79 Å². The molecule has 0 N–H and O–H groups in total. The van der Waals surface area contributed by atoms with E-state index in [9.17, 15) is 4.79 Å². The van der Waals surface area contributed by atoms with Crippen LogP contribution in [0, 0.1) is 0 Å². The molecule has 29 heavy (non-hydrogen) atoms. The molecule has 3 aromatic rings. The average molecular weight is 392 g/mol. The summed E-state index contributed by atoms with van der Waals surface area (Å²) in [5, 5.41) is 0. The minimum atomic E-state index is 0.0683. The molecular weight excluding hydrogens is 362 g/mol. The van der Waals surface area contributed by atoms with Crippen LogP contribution in [-0.2, 0) is 11.3 Å². The third-order valence-electron chi connectivity index (χ3n) is 4.89. The van der Waals surface area contributed by atoms with E-state index in [2.05, 4.69) is 12.1 Å². The summed E-state index contributed by atoms with van der Waals surface area (Å²) in [6, 6.07) is 22.2. The van der Waals surface area contributed by atoms with Gasteiger partial charge in [0, 0.05) is 25.9 Å². The summed E-state index contributed by atoms with van der Waals surface area (Å²) >= 11 is 0. The van der Waals surface area contributed by atoms with Gasteiger partial charge in [0.25, 0.3) is 0 Å². The Labute approximate surface area is 173 Å². The lowest BCUT2D eigenvalue weighted by Crippen LogP contribution is -2.30.